The van der Waals surface area contributed by atoms with E-state index in [2.05, 4.69) is 5.16 Å². The minimum Gasteiger partial charge on any atom is -0.497 e. The van der Waals surface area contributed by atoms with Gasteiger partial charge in [-0.05, 0) is 24.3 Å². The molecule has 3 rings (SSSR count). The summed E-state index contributed by atoms with van der Waals surface area (Å²) in [7, 11) is 6.42. The van der Waals surface area contributed by atoms with Crippen LogP contribution in [0.3, 0.4) is 0 Å². The van der Waals surface area contributed by atoms with Gasteiger partial charge in [0.2, 0.25) is 0 Å². The standard InChI is InChI=1S/C19H19NO5/c1-21-12-5-7-14(17(9-12)23-3)16-11-19(25-20-16)15-8-6-13(22-2)10-18(15)24-4/h5-11H,1-4H3. The van der Waals surface area contributed by atoms with Crippen molar-refractivity contribution >= 4 is 0 Å². The first-order chi connectivity index (χ1) is 12.2. The second kappa shape index (κ2) is 7.17. The molecule has 6 nitrogen and oxygen atoms in total. The molecule has 3 aromatic rings. The summed E-state index contributed by atoms with van der Waals surface area (Å²) in [6.45, 7) is 0. The molecule has 0 fully saturated rings. The largest absolute Gasteiger partial charge is 0.497 e. The zero-order chi connectivity index (χ0) is 17.8. The van der Waals surface area contributed by atoms with Gasteiger partial charge in [0.05, 0.1) is 34.0 Å². The molecule has 2 aromatic carbocycles. The highest BCUT2D eigenvalue weighted by molar-refractivity contribution is 5.74. The summed E-state index contributed by atoms with van der Waals surface area (Å²) in [6, 6.07) is 12.9. The van der Waals surface area contributed by atoms with Gasteiger partial charge >= 0.3 is 0 Å². The minimum absolute atomic E-state index is 0.590. The monoisotopic (exact) mass is 341 g/mol. The zero-order valence-electron chi connectivity index (χ0n) is 14.5. The van der Waals surface area contributed by atoms with E-state index < -0.39 is 0 Å². The molecule has 6 heteroatoms. The first kappa shape index (κ1) is 16.7. The Morgan fingerprint density at radius 2 is 1.24 bits per heavy atom. The van der Waals surface area contributed by atoms with Crippen molar-refractivity contribution in [2.45, 2.75) is 0 Å². The van der Waals surface area contributed by atoms with Gasteiger partial charge in [0.25, 0.3) is 0 Å². The second-order valence-corrected chi connectivity index (χ2v) is 5.21. The lowest BCUT2D eigenvalue weighted by Crippen LogP contribution is -1.90. The van der Waals surface area contributed by atoms with E-state index in [1.165, 1.54) is 0 Å². The third-order valence-electron chi connectivity index (χ3n) is 3.87. The first-order valence-electron chi connectivity index (χ1n) is 7.61. The van der Waals surface area contributed by atoms with Crippen molar-refractivity contribution in [2.75, 3.05) is 28.4 Å². The second-order valence-electron chi connectivity index (χ2n) is 5.21. The molecule has 0 aliphatic carbocycles. The van der Waals surface area contributed by atoms with Gasteiger partial charge in [0.1, 0.15) is 28.7 Å². The van der Waals surface area contributed by atoms with Crippen LogP contribution < -0.4 is 18.9 Å². The van der Waals surface area contributed by atoms with E-state index in [1.54, 1.807) is 40.6 Å². The molecule has 0 saturated heterocycles. The fraction of sp³-hybridized carbons (Fsp3) is 0.211. The molecule has 0 unspecified atom stereocenters. The van der Waals surface area contributed by atoms with Gasteiger partial charge in [-0.1, -0.05) is 5.16 Å². The van der Waals surface area contributed by atoms with Crippen LogP contribution in [0.5, 0.6) is 23.0 Å². The molecule has 130 valence electrons. The molecule has 0 aliphatic heterocycles. The zero-order valence-corrected chi connectivity index (χ0v) is 14.5. The van der Waals surface area contributed by atoms with Crippen molar-refractivity contribution in [3.63, 3.8) is 0 Å². The van der Waals surface area contributed by atoms with Crippen molar-refractivity contribution in [3.8, 4) is 45.6 Å². The van der Waals surface area contributed by atoms with Crippen LogP contribution in [0.1, 0.15) is 0 Å². The number of nitrogens with zero attached hydrogens (tertiary/aromatic N) is 1. The smallest absolute Gasteiger partial charge is 0.171 e. The Hall–Kier alpha value is -3.15. The van der Waals surface area contributed by atoms with Crippen molar-refractivity contribution in [3.05, 3.63) is 42.5 Å². The van der Waals surface area contributed by atoms with Crippen molar-refractivity contribution in [1.82, 2.24) is 5.16 Å². The van der Waals surface area contributed by atoms with Crippen LogP contribution in [0.2, 0.25) is 0 Å². The third-order valence-corrected chi connectivity index (χ3v) is 3.87. The summed E-state index contributed by atoms with van der Waals surface area (Å²) in [5.74, 6) is 3.30. The van der Waals surface area contributed by atoms with E-state index in [4.69, 9.17) is 23.5 Å². The van der Waals surface area contributed by atoms with Crippen LogP contribution >= 0.6 is 0 Å². The van der Waals surface area contributed by atoms with Crippen molar-refractivity contribution in [1.29, 1.82) is 0 Å². The predicted octanol–water partition coefficient (Wildman–Crippen LogP) is 4.04. The lowest BCUT2D eigenvalue weighted by Gasteiger charge is -2.08. The Kier molecular flexibility index (Phi) is 4.79. The van der Waals surface area contributed by atoms with E-state index in [9.17, 15) is 0 Å². The summed E-state index contributed by atoms with van der Waals surface area (Å²) in [4.78, 5) is 0. The molecular weight excluding hydrogens is 322 g/mol. The summed E-state index contributed by atoms with van der Waals surface area (Å²) < 4.78 is 26.8. The number of ether oxygens (including phenoxy) is 4. The Balaban J connectivity index is 2.01. The number of benzene rings is 2. The van der Waals surface area contributed by atoms with Gasteiger partial charge in [-0.15, -0.1) is 0 Å². The van der Waals surface area contributed by atoms with Crippen LogP contribution in [-0.4, -0.2) is 33.6 Å². The fourth-order valence-corrected chi connectivity index (χ4v) is 2.54. The summed E-state index contributed by atoms with van der Waals surface area (Å²) in [5, 5.41) is 4.16. The Bertz CT molecular complexity index is 802. The third kappa shape index (κ3) is 3.24. The lowest BCUT2D eigenvalue weighted by molar-refractivity contribution is 0.390. The molecule has 0 saturated carbocycles. The van der Waals surface area contributed by atoms with E-state index in [0.717, 1.165) is 11.1 Å². The van der Waals surface area contributed by atoms with Gasteiger partial charge in [-0.2, -0.15) is 0 Å². The number of methoxy groups -OCH3 is 4. The fourth-order valence-electron chi connectivity index (χ4n) is 2.54. The number of hydrogen-bond acceptors (Lipinski definition) is 6. The van der Waals surface area contributed by atoms with E-state index in [0.29, 0.717) is 34.5 Å². The van der Waals surface area contributed by atoms with Gasteiger partial charge in [0, 0.05) is 23.8 Å². The summed E-state index contributed by atoms with van der Waals surface area (Å²) in [5.41, 5.74) is 2.26. The highest BCUT2D eigenvalue weighted by Gasteiger charge is 2.16. The minimum atomic E-state index is 0.590. The molecule has 0 atom stereocenters. The van der Waals surface area contributed by atoms with E-state index in [-0.39, 0.29) is 0 Å². The molecule has 0 aliphatic rings. The van der Waals surface area contributed by atoms with Gasteiger partial charge < -0.3 is 23.5 Å². The number of aromatic nitrogens is 1. The highest BCUT2D eigenvalue weighted by atomic mass is 16.5. The quantitative estimate of drug-likeness (QED) is 0.674. The van der Waals surface area contributed by atoms with Crippen molar-refractivity contribution in [2.24, 2.45) is 0 Å². The van der Waals surface area contributed by atoms with Crippen LogP contribution in [0.4, 0.5) is 0 Å². The maximum absolute atomic E-state index is 5.52. The van der Waals surface area contributed by atoms with E-state index in [1.807, 2.05) is 30.3 Å². The number of rotatable bonds is 6. The van der Waals surface area contributed by atoms with Gasteiger partial charge in [0.15, 0.2) is 5.76 Å². The Labute approximate surface area is 145 Å². The molecule has 25 heavy (non-hydrogen) atoms. The average molecular weight is 341 g/mol. The normalized spacial score (nSPS) is 10.4. The number of hydrogen-bond donors (Lipinski definition) is 0. The molecule has 0 bridgehead atoms. The molecule has 0 radical (unpaired) electrons. The van der Waals surface area contributed by atoms with E-state index >= 15 is 0 Å². The maximum atomic E-state index is 5.52. The summed E-state index contributed by atoms with van der Waals surface area (Å²) in [6.07, 6.45) is 0. The summed E-state index contributed by atoms with van der Waals surface area (Å²) >= 11 is 0. The van der Waals surface area contributed by atoms with Crippen LogP contribution in [0.15, 0.2) is 47.0 Å². The Morgan fingerprint density at radius 1 is 0.680 bits per heavy atom. The predicted molar refractivity (Wildman–Crippen MR) is 93.6 cm³/mol. The van der Waals surface area contributed by atoms with Crippen molar-refractivity contribution < 1.29 is 23.5 Å². The van der Waals surface area contributed by atoms with Gasteiger partial charge in [-0.3, -0.25) is 0 Å². The Morgan fingerprint density at radius 3 is 1.80 bits per heavy atom. The topological polar surface area (TPSA) is 63.0 Å². The molecule has 1 heterocycles. The van der Waals surface area contributed by atoms with Gasteiger partial charge in [-0.25, -0.2) is 0 Å². The average Bonchev–Trinajstić information content (AvgIpc) is 3.16. The molecule has 0 N–H and O–H groups in total. The molecule has 0 amide bonds. The lowest BCUT2D eigenvalue weighted by atomic mass is 10.1. The molecule has 0 spiro atoms. The van der Waals surface area contributed by atoms with Crippen LogP contribution in [0, 0.1) is 0 Å². The maximum Gasteiger partial charge on any atom is 0.171 e. The molecular formula is C19H19NO5. The first-order valence-corrected chi connectivity index (χ1v) is 7.61. The molecule has 1 aromatic heterocycles. The highest BCUT2D eigenvalue weighted by Crippen LogP contribution is 2.38. The van der Waals surface area contributed by atoms with Crippen LogP contribution in [-0.2, 0) is 0 Å². The SMILES string of the molecule is COc1ccc(-c2cc(-c3ccc(OC)cc3OC)on2)c(OC)c1. The van der Waals surface area contributed by atoms with Crippen LogP contribution in [0.25, 0.3) is 22.6 Å².